The molecule has 0 saturated carbocycles. The van der Waals surface area contributed by atoms with E-state index in [-0.39, 0.29) is 11.8 Å². The predicted octanol–water partition coefficient (Wildman–Crippen LogP) is 2.60. The number of nitrogens with one attached hydrogen (secondary N) is 1. The van der Waals surface area contributed by atoms with Gasteiger partial charge in [-0.2, -0.15) is 0 Å². The molecule has 0 spiro atoms. The summed E-state index contributed by atoms with van der Waals surface area (Å²) in [6, 6.07) is 6.10. The second-order valence-corrected chi connectivity index (χ2v) is 4.44. The molecule has 0 amide bonds. The number of phenolic OH excluding ortho intramolecular Hbond substituents is 1. The van der Waals surface area contributed by atoms with Gasteiger partial charge in [0.15, 0.2) is 0 Å². The van der Waals surface area contributed by atoms with Crippen molar-refractivity contribution < 1.29 is 9.84 Å². The van der Waals surface area contributed by atoms with Gasteiger partial charge in [-0.3, -0.25) is 0 Å². The van der Waals surface area contributed by atoms with Crippen molar-refractivity contribution in [3.8, 4) is 11.5 Å². The second-order valence-electron chi connectivity index (χ2n) is 4.44. The minimum absolute atomic E-state index is 0.261. The first-order valence-corrected chi connectivity index (χ1v) is 5.92. The topological polar surface area (TPSA) is 41.5 Å². The molecule has 3 heteroatoms. The van der Waals surface area contributed by atoms with Crippen LogP contribution >= 0.6 is 0 Å². The van der Waals surface area contributed by atoms with E-state index >= 15 is 0 Å². The van der Waals surface area contributed by atoms with E-state index in [1.54, 1.807) is 12.1 Å². The lowest BCUT2D eigenvalue weighted by atomic mass is 10.1. The number of hydrogen-bond donors (Lipinski definition) is 2. The van der Waals surface area contributed by atoms with Gasteiger partial charge in [0.25, 0.3) is 0 Å². The summed E-state index contributed by atoms with van der Waals surface area (Å²) in [5.74, 6) is 1.07. The van der Waals surface area contributed by atoms with Gasteiger partial charge in [0.1, 0.15) is 18.1 Å². The van der Waals surface area contributed by atoms with Gasteiger partial charge in [0.2, 0.25) is 0 Å². The van der Waals surface area contributed by atoms with Crippen LogP contribution in [0.15, 0.2) is 18.2 Å². The number of hydrogen-bond acceptors (Lipinski definition) is 3. The van der Waals surface area contributed by atoms with E-state index in [4.69, 9.17) is 4.74 Å². The second kappa shape index (κ2) is 4.74. The zero-order valence-electron chi connectivity index (χ0n) is 9.86. The molecular formula is C13H19NO2. The molecule has 1 aliphatic rings. The maximum atomic E-state index is 9.35. The van der Waals surface area contributed by atoms with Crippen LogP contribution < -0.4 is 10.1 Å². The minimum atomic E-state index is 0.261. The van der Waals surface area contributed by atoms with Gasteiger partial charge in [0, 0.05) is 17.7 Å². The SMILES string of the molecule is CCCC(C)NC1COc2cc(O)ccc21. The summed E-state index contributed by atoms with van der Waals surface area (Å²) in [5, 5.41) is 12.9. The summed E-state index contributed by atoms with van der Waals surface area (Å²) in [6.45, 7) is 5.05. The molecule has 2 unspecified atom stereocenters. The van der Waals surface area contributed by atoms with Crippen molar-refractivity contribution in [1.82, 2.24) is 5.32 Å². The van der Waals surface area contributed by atoms with Gasteiger partial charge in [0.05, 0.1) is 6.04 Å². The molecule has 1 aliphatic heterocycles. The molecule has 16 heavy (non-hydrogen) atoms. The highest BCUT2D eigenvalue weighted by Crippen LogP contribution is 2.35. The Morgan fingerprint density at radius 2 is 2.38 bits per heavy atom. The first kappa shape index (κ1) is 11.3. The van der Waals surface area contributed by atoms with Gasteiger partial charge >= 0.3 is 0 Å². The lowest BCUT2D eigenvalue weighted by molar-refractivity contribution is 0.296. The molecule has 1 aromatic carbocycles. The Bertz CT molecular complexity index is 365. The maximum Gasteiger partial charge on any atom is 0.127 e. The van der Waals surface area contributed by atoms with Crippen molar-refractivity contribution in [2.24, 2.45) is 0 Å². The van der Waals surface area contributed by atoms with Gasteiger partial charge in [-0.15, -0.1) is 0 Å². The fraction of sp³-hybridized carbons (Fsp3) is 0.538. The molecule has 88 valence electrons. The van der Waals surface area contributed by atoms with Crippen LogP contribution in [0.1, 0.15) is 38.3 Å². The van der Waals surface area contributed by atoms with Gasteiger partial charge in [-0.25, -0.2) is 0 Å². The molecule has 0 aromatic heterocycles. The molecule has 0 radical (unpaired) electrons. The lowest BCUT2D eigenvalue weighted by Gasteiger charge is -2.18. The molecule has 2 N–H and O–H groups in total. The van der Waals surface area contributed by atoms with Crippen LogP contribution in [0.2, 0.25) is 0 Å². The number of fused-ring (bicyclic) bond motifs is 1. The zero-order valence-corrected chi connectivity index (χ0v) is 9.86. The van der Waals surface area contributed by atoms with E-state index in [1.807, 2.05) is 6.07 Å². The fourth-order valence-corrected chi connectivity index (χ4v) is 2.20. The van der Waals surface area contributed by atoms with Gasteiger partial charge in [-0.1, -0.05) is 13.3 Å². The third kappa shape index (κ3) is 2.30. The van der Waals surface area contributed by atoms with Crippen molar-refractivity contribution in [3.05, 3.63) is 23.8 Å². The number of ether oxygens (including phenoxy) is 1. The Kier molecular flexibility index (Phi) is 3.34. The predicted molar refractivity (Wildman–Crippen MR) is 63.8 cm³/mol. The third-order valence-electron chi connectivity index (χ3n) is 2.99. The Balaban J connectivity index is 2.06. The average molecular weight is 221 g/mol. The Morgan fingerprint density at radius 3 is 3.12 bits per heavy atom. The first-order chi connectivity index (χ1) is 7.70. The van der Waals surface area contributed by atoms with E-state index in [2.05, 4.69) is 19.2 Å². The number of rotatable bonds is 4. The fourth-order valence-electron chi connectivity index (χ4n) is 2.20. The van der Waals surface area contributed by atoms with Crippen molar-refractivity contribution in [3.63, 3.8) is 0 Å². The molecule has 2 rings (SSSR count). The smallest absolute Gasteiger partial charge is 0.127 e. The summed E-state index contributed by atoms with van der Waals surface area (Å²) < 4.78 is 5.55. The van der Waals surface area contributed by atoms with Crippen LogP contribution in [0.4, 0.5) is 0 Å². The summed E-state index contributed by atoms with van der Waals surface area (Å²) in [7, 11) is 0. The largest absolute Gasteiger partial charge is 0.508 e. The summed E-state index contributed by atoms with van der Waals surface area (Å²) in [4.78, 5) is 0. The van der Waals surface area contributed by atoms with Crippen LogP contribution in [0.5, 0.6) is 11.5 Å². The number of benzene rings is 1. The van der Waals surface area contributed by atoms with Crippen LogP contribution in [0.3, 0.4) is 0 Å². The molecule has 0 bridgehead atoms. The van der Waals surface area contributed by atoms with E-state index in [0.29, 0.717) is 12.6 Å². The van der Waals surface area contributed by atoms with Gasteiger partial charge < -0.3 is 15.2 Å². The van der Waals surface area contributed by atoms with Crippen molar-refractivity contribution in [2.75, 3.05) is 6.61 Å². The Hall–Kier alpha value is -1.22. The standard InChI is InChI=1S/C13H19NO2/c1-3-4-9(2)14-12-8-16-13-7-10(15)5-6-11(12)13/h5-7,9,12,14-15H,3-4,8H2,1-2H3. The summed E-state index contributed by atoms with van der Waals surface area (Å²) in [6.07, 6.45) is 2.36. The minimum Gasteiger partial charge on any atom is -0.508 e. The Labute approximate surface area is 96.4 Å². The lowest BCUT2D eigenvalue weighted by Crippen LogP contribution is -2.31. The molecule has 3 nitrogen and oxygen atoms in total. The van der Waals surface area contributed by atoms with E-state index in [0.717, 1.165) is 11.3 Å². The van der Waals surface area contributed by atoms with Crippen LogP contribution in [0.25, 0.3) is 0 Å². The zero-order chi connectivity index (χ0) is 11.5. The van der Waals surface area contributed by atoms with Crippen molar-refractivity contribution in [1.29, 1.82) is 0 Å². The quantitative estimate of drug-likeness (QED) is 0.821. The molecule has 0 aliphatic carbocycles. The number of phenols is 1. The highest BCUT2D eigenvalue weighted by molar-refractivity contribution is 5.44. The van der Waals surface area contributed by atoms with Gasteiger partial charge in [-0.05, 0) is 25.5 Å². The highest BCUT2D eigenvalue weighted by atomic mass is 16.5. The highest BCUT2D eigenvalue weighted by Gasteiger charge is 2.25. The average Bonchev–Trinajstić information content (AvgIpc) is 2.61. The van der Waals surface area contributed by atoms with E-state index < -0.39 is 0 Å². The first-order valence-electron chi connectivity index (χ1n) is 5.92. The molecule has 2 atom stereocenters. The molecule has 1 heterocycles. The third-order valence-corrected chi connectivity index (χ3v) is 2.99. The van der Waals surface area contributed by atoms with Crippen LogP contribution in [-0.2, 0) is 0 Å². The molecule has 0 fully saturated rings. The normalized spacial score (nSPS) is 20.2. The van der Waals surface area contributed by atoms with E-state index in [1.165, 1.54) is 12.8 Å². The molecular weight excluding hydrogens is 202 g/mol. The Morgan fingerprint density at radius 1 is 1.56 bits per heavy atom. The van der Waals surface area contributed by atoms with Crippen molar-refractivity contribution in [2.45, 2.75) is 38.8 Å². The summed E-state index contributed by atoms with van der Waals surface area (Å²) in [5.41, 5.74) is 1.15. The van der Waals surface area contributed by atoms with Crippen LogP contribution in [0, 0.1) is 0 Å². The maximum absolute atomic E-state index is 9.35. The summed E-state index contributed by atoms with van der Waals surface area (Å²) >= 11 is 0. The molecule has 1 aromatic rings. The van der Waals surface area contributed by atoms with E-state index in [9.17, 15) is 5.11 Å². The van der Waals surface area contributed by atoms with Crippen molar-refractivity contribution >= 4 is 0 Å². The van der Waals surface area contributed by atoms with Crippen LogP contribution in [-0.4, -0.2) is 17.8 Å². The molecule has 0 saturated heterocycles. The monoisotopic (exact) mass is 221 g/mol. The number of aromatic hydroxyl groups is 1.